The number of aliphatic hydroxyl groups is 1. The number of fused-ring (bicyclic) bond motifs is 2. The van der Waals surface area contributed by atoms with Gasteiger partial charge in [-0.2, -0.15) is 18.3 Å². The van der Waals surface area contributed by atoms with Gasteiger partial charge in [0.1, 0.15) is 11.4 Å². The van der Waals surface area contributed by atoms with Gasteiger partial charge in [0, 0.05) is 5.39 Å². The molecule has 3 nitrogen and oxygen atoms in total. The van der Waals surface area contributed by atoms with E-state index >= 15 is 0 Å². The molecule has 1 atom stereocenters. The average molecular weight is 452 g/mol. The van der Waals surface area contributed by atoms with Crippen LogP contribution in [0, 0.1) is 5.82 Å². The molecule has 0 radical (unpaired) electrons. The predicted molar refractivity (Wildman–Crippen MR) is 121 cm³/mol. The van der Waals surface area contributed by atoms with Crippen molar-refractivity contribution in [1.82, 2.24) is 9.78 Å². The molecule has 0 spiro atoms. The maximum Gasteiger partial charge on any atom is 0.379 e. The molecule has 0 saturated heterocycles. The summed E-state index contributed by atoms with van der Waals surface area (Å²) in [5, 5.41) is 18.9. The van der Waals surface area contributed by atoms with Crippen LogP contribution in [0.15, 0.2) is 91.1 Å². The van der Waals surface area contributed by atoms with E-state index in [1.54, 1.807) is 16.9 Å². The summed E-state index contributed by atoms with van der Waals surface area (Å²) < 4.78 is 44.3. The maximum absolute atomic E-state index is 13.6. The number of halogens is 4. The summed E-state index contributed by atoms with van der Waals surface area (Å²) in [7, 11) is 0. The molecule has 1 N–H and O–H groups in total. The first-order valence-electron chi connectivity index (χ1n) is 10.1. The Kier molecular flexibility index (Phi) is 6.16. The number of benzene rings is 4. The van der Waals surface area contributed by atoms with Crippen molar-refractivity contribution in [2.45, 2.75) is 19.2 Å². The van der Waals surface area contributed by atoms with E-state index in [9.17, 15) is 22.7 Å². The molecule has 1 aromatic heterocycles. The zero-order chi connectivity index (χ0) is 23.6. The second kappa shape index (κ2) is 9.03. The van der Waals surface area contributed by atoms with Crippen LogP contribution in [-0.2, 0) is 5.60 Å². The Morgan fingerprint density at radius 1 is 0.848 bits per heavy atom. The Morgan fingerprint density at radius 2 is 1.55 bits per heavy atom. The third kappa shape index (κ3) is 4.59. The lowest BCUT2D eigenvalue weighted by Gasteiger charge is -2.26. The van der Waals surface area contributed by atoms with Crippen molar-refractivity contribution in [3.63, 3.8) is 0 Å². The summed E-state index contributed by atoms with van der Waals surface area (Å²) in [6.45, 7) is -1.85. The van der Waals surface area contributed by atoms with Gasteiger partial charge in [-0.05, 0) is 59.2 Å². The number of hydrogen-bond acceptors (Lipinski definition) is 2. The summed E-state index contributed by atoms with van der Waals surface area (Å²) in [6, 6.07) is 26.1. The van der Waals surface area contributed by atoms with E-state index in [1.165, 1.54) is 12.1 Å². The molecule has 7 heteroatoms. The van der Waals surface area contributed by atoms with Crippen LogP contribution < -0.4 is 0 Å². The summed E-state index contributed by atoms with van der Waals surface area (Å²) in [4.78, 5) is 0. The van der Waals surface area contributed by atoms with Crippen LogP contribution in [-0.4, -0.2) is 21.6 Å². The van der Waals surface area contributed by atoms with Gasteiger partial charge in [0.2, 0.25) is 0 Å². The van der Waals surface area contributed by atoms with Crippen LogP contribution in [0.4, 0.5) is 17.6 Å². The van der Waals surface area contributed by atoms with Crippen LogP contribution in [0.25, 0.3) is 27.4 Å². The largest absolute Gasteiger partial charge is 0.381 e. The smallest absolute Gasteiger partial charge is 0.379 e. The number of aromatic nitrogens is 2. The minimum Gasteiger partial charge on any atom is -0.381 e. The zero-order valence-corrected chi connectivity index (χ0v) is 17.6. The molecular formula is C26H20F4N2O. The summed E-state index contributed by atoms with van der Waals surface area (Å²) >= 11 is 0. The van der Waals surface area contributed by atoms with Gasteiger partial charge in [0.25, 0.3) is 0 Å². The predicted octanol–water partition coefficient (Wildman–Crippen LogP) is 6.75. The number of alkyl halides is 3. The van der Waals surface area contributed by atoms with Crippen LogP contribution >= 0.6 is 0 Å². The van der Waals surface area contributed by atoms with Crippen LogP contribution in [0.2, 0.25) is 0 Å². The van der Waals surface area contributed by atoms with Crippen LogP contribution in [0.1, 0.15) is 18.1 Å². The maximum atomic E-state index is 13.6. The highest BCUT2D eigenvalue weighted by molar-refractivity contribution is 5.87. The van der Waals surface area contributed by atoms with Crippen LogP contribution in [0.3, 0.4) is 0 Å². The molecule has 0 aliphatic carbocycles. The minimum absolute atomic E-state index is 0.304. The number of nitrogens with zero attached hydrogens (tertiary/aromatic N) is 2. The van der Waals surface area contributed by atoms with E-state index in [4.69, 9.17) is 0 Å². The molecule has 0 bridgehead atoms. The van der Waals surface area contributed by atoms with Gasteiger partial charge in [-0.25, -0.2) is 9.07 Å². The lowest BCUT2D eigenvalue weighted by Crippen LogP contribution is -2.23. The second-order valence-electron chi connectivity index (χ2n) is 7.66. The van der Waals surface area contributed by atoms with E-state index in [-0.39, 0.29) is 5.82 Å². The summed E-state index contributed by atoms with van der Waals surface area (Å²) in [5.41, 5.74) is 1.98. The molecular weight excluding hydrogens is 432 g/mol. The molecule has 1 heterocycles. The number of rotatable bonds is 3. The van der Waals surface area contributed by atoms with Crippen molar-refractivity contribution in [1.29, 1.82) is 0 Å². The minimum atomic E-state index is -3.67. The van der Waals surface area contributed by atoms with E-state index in [1.807, 2.05) is 73.7 Å². The van der Waals surface area contributed by atoms with Gasteiger partial charge in [0.05, 0.1) is 17.4 Å². The Hall–Kier alpha value is -3.71. The fourth-order valence-corrected chi connectivity index (χ4v) is 3.95. The van der Waals surface area contributed by atoms with Gasteiger partial charge in [0.15, 0.2) is 0 Å². The summed E-state index contributed by atoms with van der Waals surface area (Å²) in [6.07, 6.45) is 1.74. The third-order valence-corrected chi connectivity index (χ3v) is 5.50. The standard InChI is InChI=1S/C25H19FN2O.CHF3/c1-25(29,23-11-4-7-17-6-2-3-10-22(17)23)19-12-13-24-18(14-19)16-27-28(24)21-9-5-8-20(26)15-21;2-1(3)4/h2-16,29H,1H3;1H. The molecule has 4 aromatic carbocycles. The van der Waals surface area contributed by atoms with Crippen molar-refractivity contribution >= 4 is 21.7 Å². The molecule has 0 fully saturated rings. The first kappa shape index (κ1) is 22.5. The molecule has 0 amide bonds. The van der Waals surface area contributed by atoms with E-state index < -0.39 is 12.3 Å². The number of hydrogen-bond donors (Lipinski definition) is 1. The lowest BCUT2D eigenvalue weighted by molar-refractivity contribution is 0.00819. The molecule has 0 saturated carbocycles. The highest BCUT2D eigenvalue weighted by Gasteiger charge is 2.28. The molecule has 1 unspecified atom stereocenters. The molecule has 5 rings (SSSR count). The van der Waals surface area contributed by atoms with Crippen molar-refractivity contribution in [2.24, 2.45) is 0 Å². The fourth-order valence-electron chi connectivity index (χ4n) is 3.95. The Labute approximate surface area is 187 Å². The molecule has 33 heavy (non-hydrogen) atoms. The highest BCUT2D eigenvalue weighted by Crippen LogP contribution is 2.35. The van der Waals surface area contributed by atoms with Crippen molar-refractivity contribution in [2.75, 3.05) is 0 Å². The monoisotopic (exact) mass is 452 g/mol. The third-order valence-electron chi connectivity index (χ3n) is 5.50. The van der Waals surface area contributed by atoms with Gasteiger partial charge in [-0.3, -0.25) is 0 Å². The molecule has 168 valence electrons. The van der Waals surface area contributed by atoms with Crippen molar-refractivity contribution in [3.8, 4) is 5.69 Å². The van der Waals surface area contributed by atoms with Gasteiger partial charge < -0.3 is 5.11 Å². The SMILES string of the molecule is CC(O)(c1ccc2c(cnn2-c2cccc(F)c2)c1)c1cccc2ccccc12.FC(F)F. The van der Waals surface area contributed by atoms with Crippen LogP contribution in [0.5, 0.6) is 0 Å². The molecule has 0 aliphatic heterocycles. The summed E-state index contributed by atoms with van der Waals surface area (Å²) in [5.74, 6) is -0.304. The van der Waals surface area contributed by atoms with Gasteiger partial charge >= 0.3 is 6.68 Å². The molecule has 5 aromatic rings. The topological polar surface area (TPSA) is 38.1 Å². The highest BCUT2D eigenvalue weighted by atomic mass is 19.4. The van der Waals surface area contributed by atoms with Gasteiger partial charge in [-0.15, -0.1) is 0 Å². The fraction of sp³-hybridized carbons (Fsp3) is 0.115. The van der Waals surface area contributed by atoms with Gasteiger partial charge in [-0.1, -0.05) is 54.6 Å². The second-order valence-corrected chi connectivity index (χ2v) is 7.66. The average Bonchev–Trinajstić information content (AvgIpc) is 3.22. The Balaban J connectivity index is 0.000000601. The van der Waals surface area contributed by atoms with E-state index in [0.717, 1.165) is 32.8 Å². The molecule has 0 aliphatic rings. The van der Waals surface area contributed by atoms with E-state index in [0.29, 0.717) is 5.69 Å². The Bertz CT molecular complexity index is 1400. The normalized spacial score (nSPS) is 13.1. The first-order valence-corrected chi connectivity index (χ1v) is 10.1. The quantitative estimate of drug-likeness (QED) is 0.308. The first-order chi connectivity index (χ1) is 15.8. The van der Waals surface area contributed by atoms with Crippen molar-refractivity contribution in [3.05, 3.63) is 108 Å². The van der Waals surface area contributed by atoms with Crippen molar-refractivity contribution < 1.29 is 22.7 Å². The van der Waals surface area contributed by atoms with E-state index in [2.05, 4.69) is 5.10 Å². The Morgan fingerprint density at radius 3 is 2.30 bits per heavy atom. The zero-order valence-electron chi connectivity index (χ0n) is 17.6. The lowest BCUT2D eigenvalue weighted by atomic mass is 9.85.